The Bertz CT molecular complexity index is 394. The van der Waals surface area contributed by atoms with Gasteiger partial charge in [0.2, 0.25) is 0 Å². The summed E-state index contributed by atoms with van der Waals surface area (Å²) in [5.41, 5.74) is -0.493. The van der Waals surface area contributed by atoms with Gasteiger partial charge < -0.3 is 4.74 Å². The van der Waals surface area contributed by atoms with Gasteiger partial charge >= 0.3 is 6.36 Å². The first-order valence-corrected chi connectivity index (χ1v) is 3.97. The van der Waals surface area contributed by atoms with E-state index in [4.69, 9.17) is 0 Å². The molecule has 1 aromatic carbocycles. The van der Waals surface area contributed by atoms with Crippen molar-refractivity contribution < 1.29 is 22.8 Å². The summed E-state index contributed by atoms with van der Waals surface area (Å²) >= 11 is 3.68. The molecule has 0 fully saturated rings. The summed E-state index contributed by atoms with van der Waals surface area (Å²) in [6.45, 7) is 0. The molecule has 0 spiro atoms. The van der Waals surface area contributed by atoms with Crippen LogP contribution in [0.2, 0.25) is 0 Å². The first-order chi connectivity index (χ1) is 6.79. The van der Waals surface area contributed by atoms with E-state index in [-0.39, 0.29) is 4.90 Å². The molecule has 0 N–H and O–H groups in total. The lowest BCUT2D eigenvalue weighted by Crippen LogP contribution is -2.17. The van der Waals surface area contributed by atoms with Gasteiger partial charge in [0.1, 0.15) is 5.75 Å². The first kappa shape index (κ1) is 11.6. The first-order valence-electron chi connectivity index (χ1n) is 3.53. The molecule has 0 aliphatic heterocycles. The Labute approximate surface area is 87.2 Å². The van der Waals surface area contributed by atoms with Crippen LogP contribution in [0.5, 0.6) is 5.75 Å². The van der Waals surface area contributed by atoms with Crippen LogP contribution >= 0.6 is 12.6 Å². The fraction of sp³-hybridized carbons (Fsp3) is 0.143. The molecule has 0 bridgehead atoms. The van der Waals surface area contributed by atoms with Gasteiger partial charge in [-0.15, -0.1) is 25.8 Å². The fourth-order valence-electron chi connectivity index (χ4n) is 0.823. The van der Waals surface area contributed by atoms with Crippen LogP contribution in [0.25, 0.3) is 0 Å². The number of nitro groups is 1. The van der Waals surface area contributed by atoms with Crippen molar-refractivity contribution in [2.75, 3.05) is 0 Å². The molecule has 8 heteroatoms. The Hall–Kier alpha value is -1.44. The maximum atomic E-state index is 11.8. The lowest BCUT2D eigenvalue weighted by molar-refractivity contribution is -0.385. The Morgan fingerprint density at radius 1 is 1.40 bits per heavy atom. The highest BCUT2D eigenvalue weighted by Crippen LogP contribution is 2.31. The third-order valence-electron chi connectivity index (χ3n) is 1.38. The number of nitro benzene ring substituents is 1. The van der Waals surface area contributed by atoms with Crippen molar-refractivity contribution in [3.8, 4) is 5.75 Å². The summed E-state index contributed by atoms with van der Waals surface area (Å²) in [6, 6.07) is 2.75. The third-order valence-corrected chi connectivity index (χ3v) is 1.75. The monoisotopic (exact) mass is 239 g/mol. The van der Waals surface area contributed by atoms with Crippen LogP contribution in [-0.2, 0) is 0 Å². The molecule has 0 saturated heterocycles. The molecule has 15 heavy (non-hydrogen) atoms. The van der Waals surface area contributed by atoms with E-state index < -0.39 is 22.7 Å². The fourth-order valence-corrected chi connectivity index (χ4v) is 1.01. The topological polar surface area (TPSA) is 52.4 Å². The van der Waals surface area contributed by atoms with Crippen LogP contribution in [0.3, 0.4) is 0 Å². The molecule has 0 heterocycles. The van der Waals surface area contributed by atoms with E-state index in [2.05, 4.69) is 17.4 Å². The number of non-ortho nitro benzene ring substituents is 1. The molecule has 0 radical (unpaired) electrons. The van der Waals surface area contributed by atoms with Crippen LogP contribution in [0.1, 0.15) is 0 Å². The van der Waals surface area contributed by atoms with Crippen molar-refractivity contribution in [3.05, 3.63) is 28.3 Å². The average molecular weight is 239 g/mol. The molecular formula is C7H4F3NO3S. The molecule has 1 rings (SSSR count). The Morgan fingerprint density at radius 3 is 2.47 bits per heavy atom. The molecule has 82 valence electrons. The van der Waals surface area contributed by atoms with Crippen LogP contribution in [-0.4, -0.2) is 11.3 Å². The number of rotatable bonds is 2. The van der Waals surface area contributed by atoms with Gasteiger partial charge in [-0.3, -0.25) is 10.1 Å². The van der Waals surface area contributed by atoms with Crippen molar-refractivity contribution in [2.45, 2.75) is 11.3 Å². The lowest BCUT2D eigenvalue weighted by Gasteiger charge is -2.09. The van der Waals surface area contributed by atoms with Gasteiger partial charge in [0.05, 0.1) is 11.0 Å². The van der Waals surface area contributed by atoms with Gasteiger partial charge in [-0.1, -0.05) is 0 Å². The summed E-state index contributed by atoms with van der Waals surface area (Å²) in [4.78, 5) is 9.32. The Kier molecular flexibility index (Phi) is 3.08. The number of benzene rings is 1. The minimum absolute atomic E-state index is 0.127. The number of thiol groups is 1. The predicted molar refractivity (Wildman–Crippen MR) is 47.0 cm³/mol. The number of halogens is 3. The van der Waals surface area contributed by atoms with Crippen molar-refractivity contribution in [1.82, 2.24) is 0 Å². The number of alkyl halides is 3. The van der Waals surface area contributed by atoms with E-state index in [1.807, 2.05) is 0 Å². The van der Waals surface area contributed by atoms with Gasteiger partial charge in [-0.05, 0) is 6.07 Å². The minimum atomic E-state index is -4.90. The van der Waals surface area contributed by atoms with Gasteiger partial charge in [-0.2, -0.15) is 0 Å². The third kappa shape index (κ3) is 3.31. The molecular weight excluding hydrogens is 235 g/mol. The predicted octanol–water partition coefficient (Wildman–Crippen LogP) is 2.78. The van der Waals surface area contributed by atoms with Crippen molar-refractivity contribution in [1.29, 1.82) is 0 Å². The second-order valence-electron chi connectivity index (χ2n) is 2.46. The average Bonchev–Trinajstić information content (AvgIpc) is 2.06. The van der Waals surface area contributed by atoms with Gasteiger partial charge in [0.15, 0.2) is 0 Å². The van der Waals surface area contributed by atoms with Crippen LogP contribution in [0.15, 0.2) is 23.1 Å². The highest BCUT2D eigenvalue weighted by atomic mass is 32.1. The highest BCUT2D eigenvalue weighted by Gasteiger charge is 2.32. The zero-order valence-corrected chi connectivity index (χ0v) is 7.88. The molecule has 0 aliphatic carbocycles. The number of ether oxygens (including phenoxy) is 1. The van der Waals surface area contributed by atoms with E-state index in [0.29, 0.717) is 6.07 Å². The molecule has 0 amide bonds. The molecule has 0 unspecified atom stereocenters. The smallest absolute Gasteiger partial charge is 0.404 e. The van der Waals surface area contributed by atoms with Gasteiger partial charge in [0, 0.05) is 11.0 Å². The van der Waals surface area contributed by atoms with Crippen LogP contribution < -0.4 is 4.74 Å². The second kappa shape index (κ2) is 3.97. The van der Waals surface area contributed by atoms with E-state index in [1.54, 1.807) is 0 Å². The summed E-state index contributed by atoms with van der Waals surface area (Å²) in [5.74, 6) is -0.694. The van der Waals surface area contributed by atoms with Crippen molar-refractivity contribution in [2.24, 2.45) is 0 Å². The summed E-state index contributed by atoms with van der Waals surface area (Å²) in [7, 11) is 0. The molecule has 0 aromatic heterocycles. The number of hydrogen-bond acceptors (Lipinski definition) is 4. The van der Waals surface area contributed by atoms with E-state index >= 15 is 0 Å². The summed E-state index contributed by atoms with van der Waals surface area (Å²) in [6.07, 6.45) is -4.90. The maximum absolute atomic E-state index is 11.8. The molecule has 0 saturated carbocycles. The summed E-state index contributed by atoms with van der Waals surface area (Å²) < 4.78 is 39.0. The zero-order chi connectivity index (χ0) is 11.6. The highest BCUT2D eigenvalue weighted by molar-refractivity contribution is 7.80. The maximum Gasteiger partial charge on any atom is 0.573 e. The van der Waals surface area contributed by atoms with Gasteiger partial charge in [0.25, 0.3) is 5.69 Å². The summed E-state index contributed by atoms with van der Waals surface area (Å²) in [5, 5.41) is 10.3. The van der Waals surface area contributed by atoms with Crippen molar-refractivity contribution >= 4 is 18.3 Å². The Morgan fingerprint density at radius 2 is 2.00 bits per heavy atom. The standard InChI is InChI=1S/C7H4F3NO3S/c8-7(9,10)14-5-3-4(11(12)13)1-2-6(5)15/h1-3,15H. The molecule has 0 aliphatic rings. The number of nitrogens with zero attached hydrogens (tertiary/aromatic N) is 1. The largest absolute Gasteiger partial charge is 0.573 e. The van der Waals surface area contributed by atoms with Crippen LogP contribution in [0, 0.1) is 10.1 Å². The number of hydrogen-bond donors (Lipinski definition) is 1. The van der Waals surface area contributed by atoms with E-state index in [0.717, 1.165) is 12.1 Å². The second-order valence-corrected chi connectivity index (χ2v) is 2.94. The molecule has 4 nitrogen and oxygen atoms in total. The molecule has 0 atom stereocenters. The van der Waals surface area contributed by atoms with E-state index in [1.165, 1.54) is 0 Å². The SMILES string of the molecule is O=[N+]([O-])c1ccc(S)c(OC(F)(F)F)c1. The normalized spacial score (nSPS) is 11.2. The van der Waals surface area contributed by atoms with Crippen molar-refractivity contribution in [3.63, 3.8) is 0 Å². The Balaban J connectivity index is 3.06. The molecule has 1 aromatic rings. The zero-order valence-electron chi connectivity index (χ0n) is 6.99. The lowest BCUT2D eigenvalue weighted by atomic mass is 10.3. The quantitative estimate of drug-likeness (QED) is 0.490. The van der Waals surface area contributed by atoms with Crippen LogP contribution in [0.4, 0.5) is 18.9 Å². The minimum Gasteiger partial charge on any atom is -0.404 e. The van der Waals surface area contributed by atoms with E-state index in [9.17, 15) is 23.3 Å². The van der Waals surface area contributed by atoms with Gasteiger partial charge in [-0.25, -0.2) is 0 Å².